The fourth-order valence-electron chi connectivity index (χ4n) is 2.25. The van der Waals surface area contributed by atoms with Gasteiger partial charge in [0.05, 0.1) is 12.9 Å². The highest BCUT2D eigenvalue weighted by molar-refractivity contribution is 5.82. The molecule has 10 nitrogen and oxygen atoms in total. The van der Waals surface area contributed by atoms with Gasteiger partial charge in [0.2, 0.25) is 0 Å². The Balaban J connectivity index is 2.03. The Kier molecular flexibility index (Phi) is 3.23. The van der Waals surface area contributed by atoms with Crippen LogP contribution >= 0.6 is 0 Å². The van der Waals surface area contributed by atoms with Crippen LogP contribution in [0.5, 0.6) is 0 Å². The first-order valence-electron chi connectivity index (χ1n) is 5.94. The SMILES string of the molecule is NNc1ncnc2c1ncn2[C@@H]1O[C@@H](CO)[C@@H](O)[C@H]1O. The quantitative estimate of drug-likeness (QED) is 0.310. The van der Waals surface area contributed by atoms with E-state index in [9.17, 15) is 10.2 Å². The second-order valence-corrected chi connectivity index (χ2v) is 4.42. The number of nitrogens with two attached hydrogens (primary N) is 1. The minimum Gasteiger partial charge on any atom is -0.394 e. The molecule has 0 saturated carbocycles. The van der Waals surface area contributed by atoms with E-state index in [1.165, 1.54) is 17.2 Å². The average Bonchev–Trinajstić information content (AvgIpc) is 3.01. The van der Waals surface area contributed by atoms with Crippen molar-refractivity contribution in [2.45, 2.75) is 24.5 Å². The standard InChI is InChI=1S/C10H14N6O4/c11-15-8-5-9(13-2-12-8)16(3-14-5)10-7(19)6(18)4(1-17)20-10/h2-4,6-7,10,17-19H,1,11H2,(H,12,13,15)/t4-,6+,7+,10+/m0/s1. The zero-order chi connectivity index (χ0) is 14.3. The molecule has 1 aliphatic rings. The molecular weight excluding hydrogens is 268 g/mol. The van der Waals surface area contributed by atoms with Gasteiger partial charge < -0.3 is 25.5 Å². The van der Waals surface area contributed by atoms with Crippen molar-refractivity contribution in [1.82, 2.24) is 19.5 Å². The van der Waals surface area contributed by atoms with Crippen LogP contribution in [-0.2, 0) is 4.74 Å². The number of anilines is 1. The van der Waals surface area contributed by atoms with Crippen molar-refractivity contribution in [2.24, 2.45) is 5.84 Å². The highest BCUT2D eigenvalue weighted by Gasteiger charge is 2.43. The second-order valence-electron chi connectivity index (χ2n) is 4.42. The maximum Gasteiger partial charge on any atom is 0.171 e. The summed E-state index contributed by atoms with van der Waals surface area (Å²) in [6.45, 7) is -0.397. The summed E-state index contributed by atoms with van der Waals surface area (Å²) in [5.41, 5.74) is 3.20. The summed E-state index contributed by atoms with van der Waals surface area (Å²) in [5.74, 6) is 5.66. The number of aliphatic hydroxyl groups excluding tert-OH is 3. The molecule has 1 saturated heterocycles. The van der Waals surface area contributed by atoms with Gasteiger partial charge in [-0.3, -0.25) is 4.57 Å². The molecule has 2 aromatic heterocycles. The predicted molar refractivity (Wildman–Crippen MR) is 66.1 cm³/mol. The van der Waals surface area contributed by atoms with Crippen LogP contribution in [0.1, 0.15) is 6.23 Å². The Labute approximate surface area is 112 Å². The number of hydrogen-bond donors (Lipinski definition) is 5. The lowest BCUT2D eigenvalue weighted by Crippen LogP contribution is -2.33. The van der Waals surface area contributed by atoms with E-state index in [4.69, 9.17) is 15.7 Å². The fraction of sp³-hybridized carbons (Fsp3) is 0.500. The molecule has 4 atom stereocenters. The molecule has 0 unspecified atom stereocenters. The Morgan fingerprint density at radius 1 is 1.30 bits per heavy atom. The summed E-state index contributed by atoms with van der Waals surface area (Å²) in [4.78, 5) is 12.1. The van der Waals surface area contributed by atoms with E-state index in [1.807, 2.05) is 0 Å². The van der Waals surface area contributed by atoms with Crippen LogP contribution in [0.2, 0.25) is 0 Å². The number of fused-ring (bicyclic) bond motifs is 1. The maximum absolute atomic E-state index is 10.00. The first kappa shape index (κ1) is 13.1. The number of nitrogen functional groups attached to an aromatic ring is 1. The van der Waals surface area contributed by atoms with Gasteiger partial charge in [-0.25, -0.2) is 20.8 Å². The summed E-state index contributed by atoms with van der Waals surface area (Å²) in [5, 5.41) is 28.9. The summed E-state index contributed by atoms with van der Waals surface area (Å²) < 4.78 is 6.88. The molecule has 0 spiro atoms. The maximum atomic E-state index is 10.00. The number of hydrogen-bond acceptors (Lipinski definition) is 9. The van der Waals surface area contributed by atoms with Crippen LogP contribution < -0.4 is 11.3 Å². The molecule has 0 amide bonds. The first-order valence-corrected chi connectivity index (χ1v) is 5.94. The van der Waals surface area contributed by atoms with Crippen LogP contribution in [-0.4, -0.2) is 59.8 Å². The molecule has 0 bridgehead atoms. The van der Waals surface area contributed by atoms with E-state index in [1.54, 1.807) is 0 Å². The lowest BCUT2D eigenvalue weighted by molar-refractivity contribution is -0.0511. The second kappa shape index (κ2) is 4.92. The summed E-state index contributed by atoms with van der Waals surface area (Å²) in [6.07, 6.45) is -1.45. The Morgan fingerprint density at radius 2 is 2.10 bits per heavy atom. The van der Waals surface area contributed by atoms with E-state index >= 15 is 0 Å². The van der Waals surface area contributed by atoms with Gasteiger partial charge in [0.25, 0.3) is 0 Å². The smallest absolute Gasteiger partial charge is 0.171 e. The molecule has 1 fully saturated rings. The van der Waals surface area contributed by atoms with Crippen LogP contribution in [0.25, 0.3) is 11.2 Å². The topological polar surface area (TPSA) is 152 Å². The summed E-state index contributed by atoms with van der Waals surface area (Å²) in [6, 6.07) is 0. The lowest BCUT2D eigenvalue weighted by atomic mass is 10.1. The third-order valence-corrected chi connectivity index (χ3v) is 3.29. The molecule has 3 rings (SSSR count). The molecule has 0 aromatic carbocycles. The van der Waals surface area contributed by atoms with Crippen molar-refractivity contribution in [3.63, 3.8) is 0 Å². The molecule has 6 N–H and O–H groups in total. The van der Waals surface area contributed by atoms with Gasteiger partial charge >= 0.3 is 0 Å². The summed E-state index contributed by atoms with van der Waals surface area (Å²) in [7, 11) is 0. The van der Waals surface area contributed by atoms with Crippen molar-refractivity contribution >= 4 is 17.0 Å². The van der Waals surface area contributed by atoms with Gasteiger partial charge in [0.15, 0.2) is 23.2 Å². The van der Waals surface area contributed by atoms with Crippen LogP contribution in [0, 0.1) is 0 Å². The van der Waals surface area contributed by atoms with Gasteiger partial charge in [-0.05, 0) is 0 Å². The van der Waals surface area contributed by atoms with Gasteiger partial charge in [-0.15, -0.1) is 0 Å². The lowest BCUT2D eigenvalue weighted by Gasteiger charge is -2.16. The van der Waals surface area contributed by atoms with Gasteiger partial charge in [0, 0.05) is 0 Å². The van der Waals surface area contributed by atoms with Crippen molar-refractivity contribution in [1.29, 1.82) is 0 Å². The normalized spacial score (nSPS) is 30.0. The molecule has 20 heavy (non-hydrogen) atoms. The average molecular weight is 282 g/mol. The number of rotatable bonds is 3. The van der Waals surface area contributed by atoms with Crippen LogP contribution in [0.3, 0.4) is 0 Å². The third kappa shape index (κ3) is 1.82. The van der Waals surface area contributed by atoms with Crippen molar-refractivity contribution in [2.75, 3.05) is 12.0 Å². The molecule has 10 heteroatoms. The monoisotopic (exact) mass is 282 g/mol. The molecule has 3 heterocycles. The van der Waals surface area contributed by atoms with E-state index in [2.05, 4.69) is 20.4 Å². The van der Waals surface area contributed by atoms with Crippen LogP contribution in [0.4, 0.5) is 5.82 Å². The molecular formula is C10H14N6O4. The number of nitrogens with one attached hydrogen (secondary N) is 1. The molecule has 108 valence electrons. The van der Waals surface area contributed by atoms with Crippen molar-refractivity contribution < 1.29 is 20.1 Å². The van der Waals surface area contributed by atoms with E-state index in [0.29, 0.717) is 17.0 Å². The number of nitrogens with zero attached hydrogens (tertiary/aromatic N) is 4. The molecule has 1 aliphatic heterocycles. The largest absolute Gasteiger partial charge is 0.394 e. The molecule has 0 aliphatic carbocycles. The number of ether oxygens (including phenoxy) is 1. The zero-order valence-corrected chi connectivity index (χ0v) is 10.3. The van der Waals surface area contributed by atoms with E-state index in [-0.39, 0.29) is 0 Å². The number of hydrazine groups is 1. The highest BCUT2D eigenvalue weighted by atomic mass is 16.6. The molecule has 0 radical (unpaired) electrons. The Bertz CT molecular complexity index is 619. The summed E-state index contributed by atoms with van der Waals surface area (Å²) >= 11 is 0. The molecule has 2 aromatic rings. The predicted octanol–water partition coefficient (Wildman–Crippen LogP) is -2.28. The first-order chi connectivity index (χ1) is 9.67. The van der Waals surface area contributed by atoms with E-state index < -0.39 is 31.1 Å². The zero-order valence-electron chi connectivity index (χ0n) is 10.3. The minimum absolute atomic E-state index is 0.334. The Hall–Kier alpha value is -1.85. The number of aliphatic hydroxyl groups is 3. The number of aromatic nitrogens is 4. The minimum atomic E-state index is -1.20. The third-order valence-electron chi connectivity index (χ3n) is 3.29. The highest BCUT2D eigenvalue weighted by Crippen LogP contribution is 2.31. The van der Waals surface area contributed by atoms with Gasteiger partial charge in [-0.1, -0.05) is 0 Å². The van der Waals surface area contributed by atoms with Crippen molar-refractivity contribution in [3.05, 3.63) is 12.7 Å². The van der Waals surface area contributed by atoms with Gasteiger partial charge in [-0.2, -0.15) is 0 Å². The van der Waals surface area contributed by atoms with Crippen molar-refractivity contribution in [3.8, 4) is 0 Å². The Morgan fingerprint density at radius 3 is 2.75 bits per heavy atom. The van der Waals surface area contributed by atoms with Gasteiger partial charge in [0.1, 0.15) is 24.6 Å². The number of imidazole rings is 1. The van der Waals surface area contributed by atoms with E-state index in [0.717, 1.165) is 0 Å². The fourth-order valence-corrected chi connectivity index (χ4v) is 2.25. The van der Waals surface area contributed by atoms with Crippen LogP contribution in [0.15, 0.2) is 12.7 Å².